The van der Waals surface area contributed by atoms with Gasteiger partial charge in [0, 0.05) is 20.6 Å². The van der Waals surface area contributed by atoms with Crippen LogP contribution in [0.1, 0.15) is 15.9 Å². The first-order valence-corrected chi connectivity index (χ1v) is 5.28. The molecule has 0 fully saturated rings. The normalized spacial score (nSPS) is 9.76. The van der Waals surface area contributed by atoms with E-state index in [9.17, 15) is 9.59 Å². The van der Waals surface area contributed by atoms with E-state index < -0.39 is 5.97 Å². The van der Waals surface area contributed by atoms with Gasteiger partial charge in [0.15, 0.2) is 0 Å². The van der Waals surface area contributed by atoms with Crippen molar-refractivity contribution >= 4 is 12.0 Å². The predicted molar refractivity (Wildman–Crippen MR) is 64.2 cm³/mol. The van der Waals surface area contributed by atoms with Crippen LogP contribution in [0.25, 0.3) is 0 Å². The molecule has 1 aromatic rings. The Bertz CT molecular complexity index is 416. The van der Waals surface area contributed by atoms with Crippen molar-refractivity contribution < 1.29 is 14.7 Å². The number of nitrogens with zero attached hydrogens (tertiary/aromatic N) is 1. The van der Waals surface area contributed by atoms with Gasteiger partial charge in [-0.3, -0.25) is 0 Å². The molecule has 1 rings (SSSR count). The second-order valence-electron chi connectivity index (χ2n) is 3.88. The van der Waals surface area contributed by atoms with E-state index in [2.05, 4.69) is 5.32 Å². The highest BCUT2D eigenvalue weighted by molar-refractivity contribution is 5.87. The minimum absolute atomic E-state index is 0.153. The number of nitrogens with one attached hydrogen (secondary N) is 1. The molecule has 0 unspecified atom stereocenters. The van der Waals surface area contributed by atoms with Crippen molar-refractivity contribution in [3.8, 4) is 0 Å². The minimum Gasteiger partial charge on any atom is -0.478 e. The number of aromatic carboxylic acids is 1. The van der Waals surface area contributed by atoms with Crippen molar-refractivity contribution in [2.45, 2.75) is 6.42 Å². The van der Waals surface area contributed by atoms with Gasteiger partial charge in [-0.25, -0.2) is 9.59 Å². The largest absolute Gasteiger partial charge is 0.478 e. The maximum atomic E-state index is 11.2. The summed E-state index contributed by atoms with van der Waals surface area (Å²) in [6.45, 7) is 0.486. The molecular weight excluding hydrogens is 220 g/mol. The van der Waals surface area contributed by atoms with E-state index in [1.54, 1.807) is 32.3 Å². The summed E-state index contributed by atoms with van der Waals surface area (Å²) in [4.78, 5) is 23.4. The first kappa shape index (κ1) is 13.0. The van der Waals surface area contributed by atoms with Crippen LogP contribution in [0.4, 0.5) is 4.79 Å². The first-order chi connectivity index (χ1) is 8.00. The molecule has 0 bridgehead atoms. The highest BCUT2D eigenvalue weighted by Gasteiger charge is 2.04. The zero-order valence-electron chi connectivity index (χ0n) is 9.93. The molecule has 2 N–H and O–H groups in total. The Morgan fingerprint density at radius 2 is 2.06 bits per heavy atom. The van der Waals surface area contributed by atoms with Crippen LogP contribution in [-0.4, -0.2) is 42.6 Å². The van der Waals surface area contributed by atoms with Crippen LogP contribution >= 0.6 is 0 Å². The summed E-state index contributed by atoms with van der Waals surface area (Å²) in [5.41, 5.74) is 1.16. The molecule has 0 aromatic heterocycles. The van der Waals surface area contributed by atoms with Gasteiger partial charge in [-0.1, -0.05) is 12.1 Å². The lowest BCUT2D eigenvalue weighted by Crippen LogP contribution is -2.35. The standard InChI is InChI=1S/C12H16N2O3/c1-14(2)12(17)13-7-6-9-4-3-5-10(8-9)11(15)16/h3-5,8H,6-7H2,1-2H3,(H,13,17)(H,15,16). The second kappa shape index (κ2) is 5.89. The van der Waals surface area contributed by atoms with E-state index in [0.717, 1.165) is 5.56 Å². The molecule has 0 saturated heterocycles. The fourth-order valence-corrected chi connectivity index (χ4v) is 1.33. The molecule has 0 radical (unpaired) electrons. The Kier molecular flexibility index (Phi) is 4.51. The van der Waals surface area contributed by atoms with Crippen LogP contribution in [0.2, 0.25) is 0 Å². The summed E-state index contributed by atoms with van der Waals surface area (Å²) in [6.07, 6.45) is 0.612. The number of hydrogen-bond donors (Lipinski definition) is 2. The molecule has 0 heterocycles. The summed E-state index contributed by atoms with van der Waals surface area (Å²) in [7, 11) is 3.33. The van der Waals surface area contributed by atoms with Crippen LogP contribution in [0.5, 0.6) is 0 Å². The number of urea groups is 1. The zero-order chi connectivity index (χ0) is 12.8. The number of benzene rings is 1. The fourth-order valence-electron chi connectivity index (χ4n) is 1.33. The molecule has 0 aliphatic heterocycles. The Morgan fingerprint density at radius 3 is 2.65 bits per heavy atom. The molecule has 0 atom stereocenters. The Labute approximate surface area is 100 Å². The molecule has 17 heavy (non-hydrogen) atoms. The van der Waals surface area contributed by atoms with Gasteiger partial charge >= 0.3 is 12.0 Å². The second-order valence-corrected chi connectivity index (χ2v) is 3.88. The average molecular weight is 236 g/mol. The minimum atomic E-state index is -0.941. The summed E-state index contributed by atoms with van der Waals surface area (Å²) < 4.78 is 0. The van der Waals surface area contributed by atoms with Gasteiger partial charge < -0.3 is 15.3 Å². The van der Waals surface area contributed by atoms with Gasteiger partial charge in [0.25, 0.3) is 0 Å². The maximum Gasteiger partial charge on any atom is 0.335 e. The van der Waals surface area contributed by atoms with Gasteiger partial charge in [0.1, 0.15) is 0 Å². The zero-order valence-corrected chi connectivity index (χ0v) is 9.93. The summed E-state index contributed by atoms with van der Waals surface area (Å²) >= 11 is 0. The van der Waals surface area contributed by atoms with E-state index in [0.29, 0.717) is 13.0 Å². The van der Waals surface area contributed by atoms with E-state index in [4.69, 9.17) is 5.11 Å². The summed E-state index contributed by atoms with van der Waals surface area (Å²) in [5.74, 6) is -0.941. The monoisotopic (exact) mass is 236 g/mol. The van der Waals surface area contributed by atoms with E-state index >= 15 is 0 Å². The number of carbonyl (C=O) groups excluding carboxylic acids is 1. The van der Waals surface area contributed by atoms with Crippen molar-refractivity contribution in [2.75, 3.05) is 20.6 Å². The smallest absolute Gasteiger partial charge is 0.335 e. The molecule has 92 valence electrons. The lowest BCUT2D eigenvalue weighted by molar-refractivity contribution is 0.0696. The number of hydrogen-bond acceptors (Lipinski definition) is 2. The van der Waals surface area contributed by atoms with Gasteiger partial charge in [-0.2, -0.15) is 0 Å². The van der Waals surface area contributed by atoms with Crippen molar-refractivity contribution in [3.63, 3.8) is 0 Å². The van der Waals surface area contributed by atoms with Crippen molar-refractivity contribution in [1.29, 1.82) is 0 Å². The van der Waals surface area contributed by atoms with Gasteiger partial charge in [0.2, 0.25) is 0 Å². The van der Waals surface area contributed by atoms with E-state index in [-0.39, 0.29) is 11.6 Å². The quantitative estimate of drug-likeness (QED) is 0.825. The third-order valence-electron chi connectivity index (χ3n) is 2.27. The fraction of sp³-hybridized carbons (Fsp3) is 0.333. The van der Waals surface area contributed by atoms with E-state index in [1.165, 1.54) is 4.90 Å². The number of rotatable bonds is 4. The van der Waals surface area contributed by atoms with E-state index in [1.807, 2.05) is 6.07 Å². The Hall–Kier alpha value is -2.04. The molecule has 0 aliphatic carbocycles. The van der Waals surface area contributed by atoms with Crippen molar-refractivity contribution in [2.24, 2.45) is 0 Å². The highest BCUT2D eigenvalue weighted by atomic mass is 16.4. The molecule has 5 nitrogen and oxygen atoms in total. The number of amides is 2. The highest BCUT2D eigenvalue weighted by Crippen LogP contribution is 2.05. The number of carbonyl (C=O) groups is 2. The van der Waals surface area contributed by atoms with Crippen molar-refractivity contribution in [3.05, 3.63) is 35.4 Å². The van der Waals surface area contributed by atoms with Crippen LogP contribution in [0.3, 0.4) is 0 Å². The molecule has 1 aromatic carbocycles. The summed E-state index contributed by atoms with van der Waals surface area (Å²) in [5, 5.41) is 11.5. The molecule has 0 aliphatic rings. The van der Waals surface area contributed by atoms with Gasteiger partial charge in [-0.15, -0.1) is 0 Å². The molecule has 0 saturated carbocycles. The Balaban J connectivity index is 2.50. The first-order valence-electron chi connectivity index (χ1n) is 5.28. The lowest BCUT2D eigenvalue weighted by atomic mass is 10.1. The average Bonchev–Trinajstić information content (AvgIpc) is 2.29. The van der Waals surface area contributed by atoms with Crippen LogP contribution in [0.15, 0.2) is 24.3 Å². The molecular formula is C12H16N2O3. The third-order valence-corrected chi connectivity index (χ3v) is 2.27. The SMILES string of the molecule is CN(C)C(=O)NCCc1cccc(C(=O)O)c1. The van der Waals surface area contributed by atoms with Crippen LogP contribution in [-0.2, 0) is 6.42 Å². The Morgan fingerprint density at radius 1 is 1.35 bits per heavy atom. The lowest BCUT2D eigenvalue weighted by Gasteiger charge is -2.11. The third kappa shape index (κ3) is 4.14. The number of carboxylic acid groups (broad SMARTS) is 1. The topological polar surface area (TPSA) is 69.6 Å². The molecule has 5 heteroatoms. The predicted octanol–water partition coefficient (Wildman–Crippen LogP) is 1.20. The van der Waals surface area contributed by atoms with Crippen LogP contribution < -0.4 is 5.32 Å². The molecule has 2 amide bonds. The van der Waals surface area contributed by atoms with Crippen molar-refractivity contribution in [1.82, 2.24) is 10.2 Å². The number of carboxylic acids is 1. The van der Waals surface area contributed by atoms with Gasteiger partial charge in [-0.05, 0) is 24.1 Å². The summed E-state index contributed by atoms with van der Waals surface area (Å²) in [6, 6.07) is 6.55. The van der Waals surface area contributed by atoms with Crippen LogP contribution in [0, 0.1) is 0 Å². The molecule has 0 spiro atoms. The maximum absolute atomic E-state index is 11.2. The van der Waals surface area contributed by atoms with Gasteiger partial charge in [0.05, 0.1) is 5.56 Å².